The van der Waals surface area contributed by atoms with E-state index in [9.17, 15) is 4.79 Å². The van der Waals surface area contributed by atoms with Crippen molar-refractivity contribution in [2.24, 2.45) is 0 Å². The van der Waals surface area contributed by atoms with Crippen molar-refractivity contribution in [3.05, 3.63) is 59.7 Å². The third kappa shape index (κ3) is 5.11. The Bertz CT molecular complexity index is 626. The Kier molecular flexibility index (Phi) is 6.63. The van der Waals surface area contributed by atoms with Crippen LogP contribution in [-0.4, -0.2) is 19.6 Å². The zero-order chi connectivity index (χ0) is 16.5. The Morgan fingerprint density at radius 2 is 1.91 bits per heavy atom. The second-order valence-corrected chi connectivity index (χ2v) is 5.25. The molecule has 4 heteroatoms. The molecule has 0 saturated heterocycles. The lowest BCUT2D eigenvalue weighted by Gasteiger charge is -2.11. The number of unbranched alkanes of at least 4 members (excludes halogenated alkanes) is 1. The molecule has 2 rings (SSSR count). The first kappa shape index (κ1) is 17.0. The number of hydrogen-bond acceptors (Lipinski definition) is 3. The molecule has 1 N–H and O–H groups in total. The molecule has 0 aliphatic carbocycles. The van der Waals surface area contributed by atoms with Crippen LogP contribution < -0.4 is 10.1 Å². The minimum Gasteiger partial charge on any atom is -0.496 e. The van der Waals surface area contributed by atoms with E-state index in [1.54, 1.807) is 19.2 Å². The van der Waals surface area contributed by atoms with E-state index in [-0.39, 0.29) is 5.91 Å². The van der Waals surface area contributed by atoms with Gasteiger partial charge in [-0.1, -0.05) is 31.5 Å². The van der Waals surface area contributed by atoms with E-state index < -0.39 is 0 Å². The van der Waals surface area contributed by atoms with Gasteiger partial charge in [0, 0.05) is 23.4 Å². The maximum absolute atomic E-state index is 12.3. The van der Waals surface area contributed by atoms with Gasteiger partial charge in [-0.25, -0.2) is 0 Å². The fraction of sp³-hybridized carbons (Fsp3) is 0.316. The highest BCUT2D eigenvalue weighted by molar-refractivity contribution is 6.04. The minimum atomic E-state index is -0.145. The first-order chi connectivity index (χ1) is 11.2. The first-order valence-electron chi connectivity index (χ1n) is 7.85. The molecule has 0 atom stereocenters. The van der Waals surface area contributed by atoms with E-state index in [0.717, 1.165) is 29.8 Å². The summed E-state index contributed by atoms with van der Waals surface area (Å²) in [4.78, 5) is 12.3. The number of amides is 1. The molecule has 2 aromatic rings. The van der Waals surface area contributed by atoms with E-state index >= 15 is 0 Å². The van der Waals surface area contributed by atoms with Gasteiger partial charge in [0.2, 0.25) is 0 Å². The number of rotatable bonds is 8. The number of carbonyl (C=O) groups excluding carboxylic acids is 1. The highest BCUT2D eigenvalue weighted by Crippen LogP contribution is 2.21. The van der Waals surface area contributed by atoms with Crippen LogP contribution in [0.5, 0.6) is 5.75 Å². The molecule has 0 aliphatic heterocycles. The predicted molar refractivity (Wildman–Crippen MR) is 92.0 cm³/mol. The summed E-state index contributed by atoms with van der Waals surface area (Å²) in [5, 5.41) is 2.88. The monoisotopic (exact) mass is 313 g/mol. The van der Waals surface area contributed by atoms with E-state index in [4.69, 9.17) is 9.47 Å². The molecule has 4 nitrogen and oxygen atoms in total. The van der Waals surface area contributed by atoms with Crippen molar-refractivity contribution in [1.82, 2.24) is 0 Å². The Morgan fingerprint density at radius 1 is 1.13 bits per heavy atom. The zero-order valence-corrected chi connectivity index (χ0v) is 13.7. The van der Waals surface area contributed by atoms with Gasteiger partial charge in [-0.3, -0.25) is 4.79 Å². The van der Waals surface area contributed by atoms with E-state index in [1.807, 2.05) is 36.4 Å². The topological polar surface area (TPSA) is 47.6 Å². The van der Waals surface area contributed by atoms with Crippen LogP contribution in [0.4, 0.5) is 5.69 Å². The van der Waals surface area contributed by atoms with Crippen LogP contribution in [0.25, 0.3) is 0 Å². The van der Waals surface area contributed by atoms with Gasteiger partial charge in [0.15, 0.2) is 0 Å². The van der Waals surface area contributed by atoms with Crippen LogP contribution in [0.2, 0.25) is 0 Å². The lowest BCUT2D eigenvalue weighted by molar-refractivity contribution is 0.102. The van der Waals surface area contributed by atoms with Crippen LogP contribution in [0.3, 0.4) is 0 Å². The van der Waals surface area contributed by atoms with Crippen LogP contribution in [0, 0.1) is 0 Å². The summed E-state index contributed by atoms with van der Waals surface area (Å²) in [5.74, 6) is 0.589. The Hall–Kier alpha value is -2.33. The molecule has 0 aromatic heterocycles. The van der Waals surface area contributed by atoms with Gasteiger partial charge < -0.3 is 14.8 Å². The maximum Gasteiger partial charge on any atom is 0.255 e. The van der Waals surface area contributed by atoms with Gasteiger partial charge >= 0.3 is 0 Å². The minimum absolute atomic E-state index is 0.145. The van der Waals surface area contributed by atoms with Crippen LogP contribution in [-0.2, 0) is 11.3 Å². The largest absolute Gasteiger partial charge is 0.496 e. The summed E-state index contributed by atoms with van der Waals surface area (Å²) < 4.78 is 11.0. The molecule has 23 heavy (non-hydrogen) atoms. The third-order valence-corrected chi connectivity index (χ3v) is 3.47. The van der Waals surface area contributed by atoms with Gasteiger partial charge in [-0.2, -0.15) is 0 Å². The lowest BCUT2D eigenvalue weighted by atomic mass is 10.1. The summed E-state index contributed by atoms with van der Waals surface area (Å²) in [5.41, 5.74) is 2.24. The highest BCUT2D eigenvalue weighted by Gasteiger charge is 2.10. The van der Waals surface area contributed by atoms with E-state index in [1.165, 1.54) is 0 Å². The van der Waals surface area contributed by atoms with Crippen molar-refractivity contribution in [3.63, 3.8) is 0 Å². The molecule has 0 heterocycles. The van der Waals surface area contributed by atoms with Gasteiger partial charge in [0.05, 0.1) is 13.7 Å². The standard InChI is InChI=1S/C19H23NO3/c1-3-4-12-23-14-16-13-15(10-11-18(16)22-2)19(21)20-17-8-6-5-7-9-17/h5-11,13H,3-4,12,14H2,1-2H3,(H,20,21). The normalized spacial score (nSPS) is 10.3. The van der Waals surface area contributed by atoms with Gasteiger partial charge in [0.1, 0.15) is 5.75 Å². The molecular formula is C19H23NO3. The van der Waals surface area contributed by atoms with Crippen molar-refractivity contribution >= 4 is 11.6 Å². The number of anilines is 1. The predicted octanol–water partition coefficient (Wildman–Crippen LogP) is 4.26. The SMILES string of the molecule is CCCCOCc1cc(C(=O)Nc2ccccc2)ccc1OC. The van der Waals surface area contributed by atoms with Crippen molar-refractivity contribution in [2.75, 3.05) is 19.0 Å². The molecule has 1 amide bonds. The Labute approximate surface area is 137 Å². The zero-order valence-electron chi connectivity index (χ0n) is 13.7. The van der Waals surface area contributed by atoms with E-state index in [2.05, 4.69) is 12.2 Å². The molecule has 0 bridgehead atoms. The molecule has 0 saturated carbocycles. The molecule has 0 fully saturated rings. The molecule has 122 valence electrons. The van der Waals surface area contributed by atoms with Crippen molar-refractivity contribution in [1.29, 1.82) is 0 Å². The number of carbonyl (C=O) groups is 1. The Morgan fingerprint density at radius 3 is 2.61 bits per heavy atom. The van der Waals surface area contributed by atoms with Gasteiger partial charge in [-0.05, 0) is 36.8 Å². The number of nitrogens with one attached hydrogen (secondary N) is 1. The van der Waals surface area contributed by atoms with E-state index in [0.29, 0.717) is 18.8 Å². The third-order valence-electron chi connectivity index (χ3n) is 3.47. The second kappa shape index (κ2) is 8.96. The quantitative estimate of drug-likeness (QED) is 0.741. The molecule has 0 unspecified atom stereocenters. The number of ether oxygens (including phenoxy) is 2. The fourth-order valence-electron chi connectivity index (χ4n) is 2.19. The molecule has 0 radical (unpaired) electrons. The smallest absolute Gasteiger partial charge is 0.255 e. The highest BCUT2D eigenvalue weighted by atomic mass is 16.5. The van der Waals surface area contributed by atoms with Crippen LogP contribution in [0.1, 0.15) is 35.7 Å². The number of methoxy groups -OCH3 is 1. The molecule has 2 aromatic carbocycles. The summed E-state index contributed by atoms with van der Waals surface area (Å²) in [6.45, 7) is 3.27. The average molecular weight is 313 g/mol. The summed E-state index contributed by atoms with van der Waals surface area (Å²) >= 11 is 0. The summed E-state index contributed by atoms with van der Waals surface area (Å²) in [6, 6.07) is 14.8. The number of benzene rings is 2. The van der Waals surface area contributed by atoms with Crippen molar-refractivity contribution in [2.45, 2.75) is 26.4 Å². The molecular weight excluding hydrogens is 290 g/mol. The summed E-state index contributed by atoms with van der Waals surface area (Å²) in [7, 11) is 1.62. The van der Waals surface area contributed by atoms with Crippen LogP contribution >= 0.6 is 0 Å². The van der Waals surface area contributed by atoms with Crippen molar-refractivity contribution < 1.29 is 14.3 Å². The lowest BCUT2D eigenvalue weighted by Crippen LogP contribution is -2.12. The maximum atomic E-state index is 12.3. The fourth-order valence-corrected chi connectivity index (χ4v) is 2.19. The number of hydrogen-bond donors (Lipinski definition) is 1. The van der Waals surface area contributed by atoms with Crippen molar-refractivity contribution in [3.8, 4) is 5.75 Å². The van der Waals surface area contributed by atoms with Gasteiger partial charge in [0.25, 0.3) is 5.91 Å². The van der Waals surface area contributed by atoms with Gasteiger partial charge in [-0.15, -0.1) is 0 Å². The average Bonchev–Trinajstić information content (AvgIpc) is 2.59. The Balaban J connectivity index is 2.08. The second-order valence-electron chi connectivity index (χ2n) is 5.25. The summed E-state index contributed by atoms with van der Waals surface area (Å²) in [6.07, 6.45) is 2.12. The molecule has 0 spiro atoms. The number of para-hydroxylation sites is 1. The van der Waals surface area contributed by atoms with Crippen LogP contribution in [0.15, 0.2) is 48.5 Å². The first-order valence-corrected chi connectivity index (χ1v) is 7.85. The molecule has 0 aliphatic rings.